The van der Waals surface area contributed by atoms with Crippen LogP contribution >= 0.6 is 0 Å². The predicted molar refractivity (Wildman–Crippen MR) is 65.4 cm³/mol. The lowest BCUT2D eigenvalue weighted by atomic mass is 9.99. The molecule has 0 heterocycles. The fourth-order valence-electron chi connectivity index (χ4n) is 1.66. The van der Waals surface area contributed by atoms with Crippen LogP contribution in [-0.4, -0.2) is 6.54 Å². The average molecular weight is 197 g/mol. The van der Waals surface area contributed by atoms with Crippen LogP contribution in [-0.2, 0) is 0 Å². The molecule has 1 nitrogen and oxygen atoms in total. The Kier molecular flexibility index (Phi) is 9.06. The molecule has 0 radical (unpaired) electrons. The number of rotatable bonds is 8. The molecule has 0 aliphatic heterocycles. The number of hydrogen-bond acceptors (Lipinski definition) is 1. The Labute approximate surface area is 89.8 Å². The molecule has 0 aliphatic carbocycles. The van der Waals surface area contributed by atoms with Crippen molar-refractivity contribution in [3.05, 3.63) is 11.6 Å². The van der Waals surface area contributed by atoms with Gasteiger partial charge < -0.3 is 5.73 Å². The minimum Gasteiger partial charge on any atom is -0.330 e. The first-order valence-electron chi connectivity index (χ1n) is 6.10. The first kappa shape index (κ1) is 13.7. The quantitative estimate of drug-likeness (QED) is 0.463. The van der Waals surface area contributed by atoms with Gasteiger partial charge in [0.2, 0.25) is 0 Å². The van der Waals surface area contributed by atoms with Crippen molar-refractivity contribution in [3.8, 4) is 0 Å². The first-order chi connectivity index (χ1) is 6.70. The van der Waals surface area contributed by atoms with E-state index in [1.807, 2.05) is 0 Å². The van der Waals surface area contributed by atoms with Crippen LogP contribution in [0.3, 0.4) is 0 Å². The van der Waals surface area contributed by atoms with Crippen LogP contribution in [0, 0.1) is 5.92 Å². The van der Waals surface area contributed by atoms with Crippen LogP contribution in [0.25, 0.3) is 0 Å². The molecule has 0 aromatic heterocycles. The van der Waals surface area contributed by atoms with E-state index >= 15 is 0 Å². The van der Waals surface area contributed by atoms with E-state index in [1.54, 1.807) is 5.57 Å². The largest absolute Gasteiger partial charge is 0.330 e. The van der Waals surface area contributed by atoms with Crippen LogP contribution in [0.15, 0.2) is 11.6 Å². The van der Waals surface area contributed by atoms with Crippen LogP contribution < -0.4 is 5.73 Å². The summed E-state index contributed by atoms with van der Waals surface area (Å²) in [7, 11) is 0. The lowest BCUT2D eigenvalue weighted by molar-refractivity contribution is 0.678. The van der Waals surface area contributed by atoms with Crippen molar-refractivity contribution in [2.45, 2.75) is 59.3 Å². The molecule has 0 atom stereocenters. The smallest absolute Gasteiger partial charge is 0.00772 e. The second kappa shape index (κ2) is 9.26. The molecule has 0 saturated carbocycles. The van der Waals surface area contributed by atoms with Crippen LogP contribution in [0.4, 0.5) is 0 Å². The van der Waals surface area contributed by atoms with Gasteiger partial charge in [-0.05, 0) is 44.6 Å². The van der Waals surface area contributed by atoms with Crippen molar-refractivity contribution in [1.29, 1.82) is 0 Å². The third-order valence-electron chi connectivity index (χ3n) is 2.37. The highest BCUT2D eigenvalue weighted by atomic mass is 14.5. The van der Waals surface area contributed by atoms with Gasteiger partial charge in [-0.15, -0.1) is 0 Å². The third-order valence-corrected chi connectivity index (χ3v) is 2.37. The molecule has 0 aromatic carbocycles. The van der Waals surface area contributed by atoms with Gasteiger partial charge in [0.1, 0.15) is 0 Å². The van der Waals surface area contributed by atoms with Crippen molar-refractivity contribution >= 4 is 0 Å². The molecule has 0 amide bonds. The normalized spacial score (nSPS) is 12.5. The molecular weight excluding hydrogens is 170 g/mol. The molecule has 1 heteroatoms. The van der Waals surface area contributed by atoms with Gasteiger partial charge in [-0.3, -0.25) is 0 Å². The lowest BCUT2D eigenvalue weighted by Gasteiger charge is -2.08. The highest BCUT2D eigenvalue weighted by Crippen LogP contribution is 2.17. The third kappa shape index (κ3) is 8.31. The highest BCUT2D eigenvalue weighted by Gasteiger charge is 1.98. The monoisotopic (exact) mass is 197 g/mol. The standard InChI is InChI=1S/C13H27N/c1-4-5-8-13(11-12(2)3)9-6-7-10-14/h11-12H,4-10,14H2,1-3H3. The topological polar surface area (TPSA) is 26.0 Å². The van der Waals surface area contributed by atoms with Gasteiger partial charge in [0, 0.05) is 0 Å². The Morgan fingerprint density at radius 2 is 1.79 bits per heavy atom. The van der Waals surface area contributed by atoms with Gasteiger partial charge in [0.05, 0.1) is 0 Å². The Morgan fingerprint density at radius 1 is 1.14 bits per heavy atom. The minimum atomic E-state index is 0.694. The van der Waals surface area contributed by atoms with Crippen molar-refractivity contribution in [2.24, 2.45) is 11.7 Å². The maximum atomic E-state index is 5.50. The molecule has 0 aliphatic rings. The molecule has 0 saturated heterocycles. The van der Waals surface area contributed by atoms with E-state index in [4.69, 9.17) is 5.73 Å². The number of nitrogens with two attached hydrogens (primary N) is 1. The summed E-state index contributed by atoms with van der Waals surface area (Å²) in [6, 6.07) is 0. The van der Waals surface area contributed by atoms with E-state index < -0.39 is 0 Å². The van der Waals surface area contributed by atoms with Crippen LogP contribution in [0.1, 0.15) is 59.3 Å². The average Bonchev–Trinajstić information content (AvgIpc) is 2.13. The molecule has 0 unspecified atom stereocenters. The van der Waals surface area contributed by atoms with E-state index in [2.05, 4.69) is 26.8 Å². The van der Waals surface area contributed by atoms with Crippen LogP contribution in [0.2, 0.25) is 0 Å². The highest BCUT2D eigenvalue weighted by molar-refractivity contribution is 5.03. The van der Waals surface area contributed by atoms with Crippen molar-refractivity contribution in [1.82, 2.24) is 0 Å². The zero-order valence-corrected chi connectivity index (χ0v) is 10.2. The maximum absolute atomic E-state index is 5.50. The molecular formula is C13H27N. The molecule has 14 heavy (non-hydrogen) atoms. The van der Waals surface area contributed by atoms with Gasteiger partial charge in [-0.2, -0.15) is 0 Å². The summed E-state index contributed by atoms with van der Waals surface area (Å²) in [5.74, 6) is 0.694. The Bertz CT molecular complexity index is 147. The summed E-state index contributed by atoms with van der Waals surface area (Å²) >= 11 is 0. The van der Waals surface area contributed by atoms with E-state index in [1.165, 1.54) is 38.5 Å². The van der Waals surface area contributed by atoms with Crippen molar-refractivity contribution in [2.75, 3.05) is 6.54 Å². The summed E-state index contributed by atoms with van der Waals surface area (Å²) < 4.78 is 0. The number of hydrogen-bond donors (Lipinski definition) is 1. The van der Waals surface area contributed by atoms with Crippen molar-refractivity contribution in [3.63, 3.8) is 0 Å². The van der Waals surface area contributed by atoms with Gasteiger partial charge >= 0.3 is 0 Å². The molecule has 0 spiro atoms. The van der Waals surface area contributed by atoms with Gasteiger partial charge in [0.25, 0.3) is 0 Å². The molecule has 84 valence electrons. The zero-order chi connectivity index (χ0) is 10.8. The summed E-state index contributed by atoms with van der Waals surface area (Å²) in [6.45, 7) is 7.61. The predicted octanol–water partition coefficient (Wildman–Crippen LogP) is 3.89. The second-order valence-corrected chi connectivity index (χ2v) is 4.42. The molecule has 0 aromatic rings. The Hall–Kier alpha value is -0.300. The van der Waals surface area contributed by atoms with Gasteiger partial charge in [-0.25, -0.2) is 0 Å². The van der Waals surface area contributed by atoms with Crippen LogP contribution in [0.5, 0.6) is 0 Å². The number of unbranched alkanes of at least 4 members (excludes halogenated alkanes) is 2. The molecule has 0 fully saturated rings. The van der Waals surface area contributed by atoms with E-state index in [9.17, 15) is 0 Å². The van der Waals surface area contributed by atoms with E-state index in [0.717, 1.165) is 6.54 Å². The Balaban J connectivity index is 3.84. The summed E-state index contributed by atoms with van der Waals surface area (Å²) in [5, 5.41) is 0. The summed E-state index contributed by atoms with van der Waals surface area (Å²) in [6.07, 6.45) is 10.1. The molecule has 0 rings (SSSR count). The minimum absolute atomic E-state index is 0.694. The fourth-order valence-corrected chi connectivity index (χ4v) is 1.66. The summed E-state index contributed by atoms with van der Waals surface area (Å²) in [5.41, 5.74) is 7.15. The fraction of sp³-hybridized carbons (Fsp3) is 0.846. The second-order valence-electron chi connectivity index (χ2n) is 4.42. The molecule has 2 N–H and O–H groups in total. The van der Waals surface area contributed by atoms with E-state index in [-0.39, 0.29) is 0 Å². The van der Waals surface area contributed by atoms with E-state index in [0.29, 0.717) is 5.92 Å². The maximum Gasteiger partial charge on any atom is -0.00772 e. The number of allylic oxidation sites excluding steroid dienone is 2. The zero-order valence-electron chi connectivity index (χ0n) is 10.2. The lowest BCUT2D eigenvalue weighted by Crippen LogP contribution is -1.98. The molecule has 0 bridgehead atoms. The first-order valence-corrected chi connectivity index (χ1v) is 6.10. The SMILES string of the molecule is CCCCC(=CC(C)C)CCCCN. The van der Waals surface area contributed by atoms with Gasteiger partial charge in [0.15, 0.2) is 0 Å². The van der Waals surface area contributed by atoms with Crippen molar-refractivity contribution < 1.29 is 0 Å². The Morgan fingerprint density at radius 3 is 2.29 bits per heavy atom. The van der Waals surface area contributed by atoms with Gasteiger partial charge in [-0.1, -0.05) is 38.8 Å². The summed E-state index contributed by atoms with van der Waals surface area (Å²) in [4.78, 5) is 0.